The Hall–Kier alpha value is -1.22. The molecule has 0 aromatic heterocycles. The van der Waals surface area contributed by atoms with E-state index >= 15 is 0 Å². The first kappa shape index (κ1) is 10.3. The Kier molecular flexibility index (Phi) is 2.82. The van der Waals surface area contributed by atoms with E-state index in [1.165, 1.54) is 11.1 Å². The van der Waals surface area contributed by atoms with Crippen molar-refractivity contribution in [2.45, 2.75) is 19.8 Å². The molecule has 0 saturated carbocycles. The van der Waals surface area contributed by atoms with Gasteiger partial charge in [0.15, 0.2) is 11.5 Å². The zero-order valence-electron chi connectivity index (χ0n) is 9.46. The molecule has 0 saturated heterocycles. The Morgan fingerprint density at radius 1 is 1.33 bits per heavy atom. The van der Waals surface area contributed by atoms with Crippen LogP contribution in [0.4, 0.5) is 0 Å². The zero-order chi connectivity index (χ0) is 10.8. The first-order valence-corrected chi connectivity index (χ1v) is 5.27. The molecule has 1 unspecified atom stereocenters. The number of benzene rings is 1. The monoisotopic (exact) mass is 207 g/mol. The lowest BCUT2D eigenvalue weighted by molar-refractivity contribution is 0.174. The maximum atomic E-state index is 5.38. The molecule has 1 N–H and O–H groups in total. The summed E-state index contributed by atoms with van der Waals surface area (Å²) in [7, 11) is 1.97. The van der Waals surface area contributed by atoms with Crippen molar-refractivity contribution in [2.24, 2.45) is 0 Å². The molecule has 0 radical (unpaired) electrons. The van der Waals surface area contributed by atoms with Gasteiger partial charge in [-0.1, -0.05) is 6.92 Å². The van der Waals surface area contributed by atoms with E-state index in [0.29, 0.717) is 12.7 Å². The smallest absolute Gasteiger partial charge is 0.231 e. The van der Waals surface area contributed by atoms with E-state index in [4.69, 9.17) is 9.47 Å². The molecule has 2 rings (SSSR count). The fourth-order valence-electron chi connectivity index (χ4n) is 2.01. The number of hydrogen-bond acceptors (Lipinski definition) is 3. The van der Waals surface area contributed by atoms with E-state index in [0.717, 1.165) is 18.0 Å². The van der Waals surface area contributed by atoms with Crippen molar-refractivity contribution in [1.82, 2.24) is 5.32 Å². The third-order valence-electron chi connectivity index (χ3n) is 2.80. The lowest BCUT2D eigenvalue weighted by atomic mass is 9.96. The third-order valence-corrected chi connectivity index (χ3v) is 2.80. The van der Waals surface area contributed by atoms with Crippen molar-refractivity contribution < 1.29 is 9.47 Å². The molecule has 0 spiro atoms. The van der Waals surface area contributed by atoms with Gasteiger partial charge in [0.05, 0.1) is 0 Å². The third kappa shape index (κ3) is 1.92. The summed E-state index contributed by atoms with van der Waals surface area (Å²) in [5, 5.41) is 3.19. The minimum atomic E-state index is 0.346. The van der Waals surface area contributed by atoms with Crippen molar-refractivity contribution >= 4 is 0 Å². The Morgan fingerprint density at radius 2 is 2.00 bits per heavy atom. The van der Waals surface area contributed by atoms with E-state index < -0.39 is 0 Å². The van der Waals surface area contributed by atoms with Gasteiger partial charge in [0, 0.05) is 6.54 Å². The molecule has 1 aliphatic heterocycles. The van der Waals surface area contributed by atoms with Crippen LogP contribution in [0.3, 0.4) is 0 Å². The molecule has 0 fully saturated rings. The molecule has 1 aliphatic rings. The highest BCUT2D eigenvalue weighted by Crippen LogP contribution is 2.36. The Morgan fingerprint density at radius 3 is 2.67 bits per heavy atom. The van der Waals surface area contributed by atoms with Gasteiger partial charge >= 0.3 is 0 Å². The second-order valence-corrected chi connectivity index (χ2v) is 4.02. The Bertz CT molecular complexity index is 363. The summed E-state index contributed by atoms with van der Waals surface area (Å²) in [6, 6.07) is 4.16. The molecular formula is C12H17NO2. The van der Waals surface area contributed by atoms with Crippen LogP contribution < -0.4 is 14.8 Å². The van der Waals surface area contributed by atoms with Crippen molar-refractivity contribution in [2.75, 3.05) is 20.4 Å². The highest BCUT2D eigenvalue weighted by Gasteiger charge is 2.17. The van der Waals surface area contributed by atoms with Crippen molar-refractivity contribution in [3.05, 3.63) is 23.3 Å². The van der Waals surface area contributed by atoms with E-state index in [1.54, 1.807) is 0 Å². The van der Waals surface area contributed by atoms with E-state index in [9.17, 15) is 0 Å². The number of ether oxygens (including phenoxy) is 2. The molecule has 1 aromatic carbocycles. The maximum Gasteiger partial charge on any atom is 0.231 e. The number of hydrogen-bond donors (Lipinski definition) is 1. The Balaban J connectivity index is 2.31. The number of fused-ring (bicyclic) bond motifs is 1. The van der Waals surface area contributed by atoms with Crippen molar-refractivity contribution in [1.29, 1.82) is 0 Å². The van der Waals surface area contributed by atoms with Crippen LogP contribution in [-0.2, 0) is 0 Å². The predicted octanol–water partition coefficient (Wildman–Crippen LogP) is 2.05. The van der Waals surface area contributed by atoms with Crippen molar-refractivity contribution in [3.8, 4) is 11.5 Å². The van der Waals surface area contributed by atoms with Gasteiger partial charge in [-0.3, -0.25) is 0 Å². The molecule has 1 heterocycles. The molecule has 82 valence electrons. The molecule has 15 heavy (non-hydrogen) atoms. The molecule has 0 amide bonds. The molecular weight excluding hydrogens is 190 g/mol. The highest BCUT2D eigenvalue weighted by atomic mass is 16.7. The van der Waals surface area contributed by atoms with Crippen LogP contribution in [0.2, 0.25) is 0 Å². The standard InChI is InChI=1S/C12H17NO2/c1-8-4-11-12(15-7-14-11)5-10(8)9(2)6-13-3/h4-5,9,13H,6-7H2,1-3H3. The Labute approximate surface area is 90.4 Å². The van der Waals surface area contributed by atoms with E-state index in [1.807, 2.05) is 7.05 Å². The molecule has 1 atom stereocenters. The van der Waals surface area contributed by atoms with Gasteiger partial charge in [-0.15, -0.1) is 0 Å². The van der Waals surface area contributed by atoms with Crippen LogP contribution >= 0.6 is 0 Å². The van der Waals surface area contributed by atoms with Gasteiger partial charge < -0.3 is 14.8 Å². The minimum absolute atomic E-state index is 0.346. The average Bonchev–Trinajstić information content (AvgIpc) is 2.63. The van der Waals surface area contributed by atoms with Crippen LogP contribution in [0.5, 0.6) is 11.5 Å². The SMILES string of the molecule is CNCC(C)c1cc2c(cc1C)OCO2. The van der Waals surface area contributed by atoms with Crippen LogP contribution in [0, 0.1) is 6.92 Å². The highest BCUT2D eigenvalue weighted by molar-refractivity contribution is 5.49. The molecule has 1 aromatic rings. The van der Waals surface area contributed by atoms with Crippen LogP contribution in [0.1, 0.15) is 24.0 Å². The second-order valence-electron chi connectivity index (χ2n) is 4.02. The molecule has 3 nitrogen and oxygen atoms in total. The van der Waals surface area contributed by atoms with Crippen molar-refractivity contribution in [3.63, 3.8) is 0 Å². The summed E-state index contributed by atoms with van der Waals surface area (Å²) in [4.78, 5) is 0. The molecule has 0 aliphatic carbocycles. The van der Waals surface area contributed by atoms with Gasteiger partial charge in [-0.05, 0) is 43.1 Å². The molecule has 0 bridgehead atoms. The van der Waals surface area contributed by atoms with Gasteiger partial charge in [0.1, 0.15) is 0 Å². The number of rotatable bonds is 3. The second kappa shape index (κ2) is 4.11. The van der Waals surface area contributed by atoms with E-state index in [-0.39, 0.29) is 0 Å². The van der Waals surface area contributed by atoms with Gasteiger partial charge in [-0.25, -0.2) is 0 Å². The zero-order valence-corrected chi connectivity index (χ0v) is 9.46. The fourth-order valence-corrected chi connectivity index (χ4v) is 2.01. The summed E-state index contributed by atoms with van der Waals surface area (Å²) >= 11 is 0. The number of aryl methyl sites for hydroxylation is 1. The first-order valence-electron chi connectivity index (χ1n) is 5.27. The van der Waals surface area contributed by atoms with Crippen LogP contribution in [-0.4, -0.2) is 20.4 Å². The number of likely N-dealkylation sites (N-methyl/N-ethyl adjacent to an activating group) is 1. The van der Waals surface area contributed by atoms with Crippen LogP contribution in [0.15, 0.2) is 12.1 Å². The summed E-state index contributed by atoms with van der Waals surface area (Å²) in [6.45, 7) is 5.64. The largest absolute Gasteiger partial charge is 0.454 e. The quantitative estimate of drug-likeness (QED) is 0.822. The average molecular weight is 207 g/mol. The normalized spacial score (nSPS) is 15.4. The molecule has 3 heteroatoms. The number of nitrogens with one attached hydrogen (secondary N) is 1. The van der Waals surface area contributed by atoms with Gasteiger partial charge in [0.25, 0.3) is 0 Å². The fraction of sp³-hybridized carbons (Fsp3) is 0.500. The predicted molar refractivity (Wildman–Crippen MR) is 59.6 cm³/mol. The first-order chi connectivity index (χ1) is 7.22. The summed E-state index contributed by atoms with van der Waals surface area (Å²) in [6.07, 6.45) is 0. The van der Waals surface area contributed by atoms with E-state index in [2.05, 4.69) is 31.3 Å². The summed E-state index contributed by atoms with van der Waals surface area (Å²) in [5.74, 6) is 2.23. The lowest BCUT2D eigenvalue weighted by Gasteiger charge is -2.14. The summed E-state index contributed by atoms with van der Waals surface area (Å²) in [5.41, 5.74) is 2.59. The van der Waals surface area contributed by atoms with Crippen LogP contribution in [0.25, 0.3) is 0 Å². The van der Waals surface area contributed by atoms with Gasteiger partial charge in [-0.2, -0.15) is 0 Å². The summed E-state index contributed by atoms with van der Waals surface area (Å²) < 4.78 is 10.7. The topological polar surface area (TPSA) is 30.5 Å². The lowest BCUT2D eigenvalue weighted by Crippen LogP contribution is -2.15. The maximum absolute atomic E-state index is 5.38. The van der Waals surface area contributed by atoms with Gasteiger partial charge in [0.2, 0.25) is 6.79 Å². The minimum Gasteiger partial charge on any atom is -0.454 e.